The first-order chi connectivity index (χ1) is 20.2. The Labute approximate surface area is 243 Å². The molecule has 4 aromatic rings. The minimum Gasteiger partial charge on any atom is -0.482 e. The van der Waals surface area contributed by atoms with E-state index in [1.165, 1.54) is 11.9 Å². The van der Waals surface area contributed by atoms with Gasteiger partial charge in [-0.25, -0.2) is 19.7 Å². The predicted molar refractivity (Wildman–Crippen MR) is 155 cm³/mol. The van der Waals surface area contributed by atoms with Gasteiger partial charge in [0.25, 0.3) is 0 Å². The quantitative estimate of drug-likeness (QED) is 0.296. The maximum Gasteiger partial charge on any atom is 0.331 e. The van der Waals surface area contributed by atoms with Crippen molar-refractivity contribution in [1.29, 1.82) is 0 Å². The average molecular weight is 568 g/mol. The minimum atomic E-state index is -0.400. The van der Waals surface area contributed by atoms with Crippen molar-refractivity contribution in [1.82, 2.24) is 34.4 Å². The van der Waals surface area contributed by atoms with Crippen LogP contribution >= 0.6 is 0 Å². The van der Waals surface area contributed by atoms with Gasteiger partial charge in [0.2, 0.25) is 5.91 Å². The number of rotatable bonds is 9. The molecule has 0 aromatic carbocycles. The van der Waals surface area contributed by atoms with Crippen molar-refractivity contribution < 1.29 is 14.3 Å². The van der Waals surface area contributed by atoms with E-state index in [1.54, 1.807) is 0 Å². The Balaban J connectivity index is 1.08. The lowest BCUT2D eigenvalue weighted by atomic mass is 10.1. The van der Waals surface area contributed by atoms with Crippen molar-refractivity contribution in [3.63, 3.8) is 0 Å². The second-order valence-electron chi connectivity index (χ2n) is 11.6. The van der Waals surface area contributed by atoms with Crippen molar-refractivity contribution in [2.75, 3.05) is 30.4 Å². The maximum atomic E-state index is 12.9. The largest absolute Gasteiger partial charge is 0.482 e. The number of urea groups is 1. The number of hydrogen-bond acceptors (Lipinski definition) is 9. The first-order valence-corrected chi connectivity index (χ1v) is 14.4. The molecule has 2 saturated carbocycles. The number of carbonyl (C=O) groups is 2. The van der Waals surface area contributed by atoms with Gasteiger partial charge in [-0.05, 0) is 69.6 Å². The van der Waals surface area contributed by atoms with E-state index < -0.39 is 6.10 Å². The molecule has 216 valence electrons. The Morgan fingerprint density at radius 1 is 1.12 bits per heavy atom. The van der Waals surface area contributed by atoms with E-state index in [0.29, 0.717) is 52.0 Å². The van der Waals surface area contributed by atoms with Gasteiger partial charge in [-0.1, -0.05) is 0 Å². The van der Waals surface area contributed by atoms with Crippen LogP contribution < -0.4 is 15.0 Å². The third-order valence-corrected chi connectivity index (χ3v) is 8.36. The number of carbonyl (C=O) groups excluding carboxylic acids is 2. The Morgan fingerprint density at radius 2 is 1.95 bits per heavy atom. The Bertz CT molecular complexity index is 1720. The molecule has 1 N–H and O–H groups in total. The summed E-state index contributed by atoms with van der Waals surface area (Å²) >= 11 is 0. The van der Waals surface area contributed by atoms with Crippen LogP contribution in [0.4, 0.5) is 16.3 Å². The molecule has 3 aliphatic rings. The molecule has 1 saturated heterocycles. The number of imidazole rings is 1. The first kappa shape index (κ1) is 26.3. The number of amides is 3. The number of anilines is 2. The van der Waals surface area contributed by atoms with Gasteiger partial charge in [0.15, 0.2) is 11.5 Å². The third-order valence-electron chi connectivity index (χ3n) is 8.36. The average Bonchev–Trinajstić information content (AvgIpc) is 3.90. The summed E-state index contributed by atoms with van der Waals surface area (Å²) in [6.45, 7) is 6.54. The van der Waals surface area contributed by atoms with Crippen molar-refractivity contribution in [2.45, 2.75) is 58.0 Å². The lowest BCUT2D eigenvalue weighted by Crippen LogP contribution is -2.30. The van der Waals surface area contributed by atoms with E-state index >= 15 is 0 Å². The fourth-order valence-electron chi connectivity index (χ4n) is 5.50. The molecule has 2 aliphatic carbocycles. The van der Waals surface area contributed by atoms with Gasteiger partial charge in [-0.2, -0.15) is 0 Å². The number of nitrogens with zero attached hydrogens (tertiary/aromatic N) is 8. The van der Waals surface area contributed by atoms with Crippen LogP contribution in [0.3, 0.4) is 0 Å². The lowest BCUT2D eigenvalue weighted by molar-refractivity contribution is -0.123. The molecule has 1 aliphatic heterocycles. The summed E-state index contributed by atoms with van der Waals surface area (Å²) in [4.78, 5) is 41.7. The van der Waals surface area contributed by atoms with Crippen LogP contribution in [-0.2, 0) is 4.79 Å². The van der Waals surface area contributed by atoms with E-state index in [1.807, 2.05) is 55.8 Å². The molecule has 12 nitrogen and oxygen atoms in total. The molecule has 5 heterocycles. The summed E-state index contributed by atoms with van der Waals surface area (Å²) < 4.78 is 8.30. The van der Waals surface area contributed by atoms with Gasteiger partial charge in [0.1, 0.15) is 29.9 Å². The number of likely N-dealkylation sites (N-methyl/N-ethyl adjacent to an activating group) is 1. The van der Waals surface area contributed by atoms with Crippen LogP contribution in [-0.4, -0.2) is 66.5 Å². The normalized spacial score (nSPS) is 20.9. The summed E-state index contributed by atoms with van der Waals surface area (Å²) in [5.74, 6) is 3.21. The van der Waals surface area contributed by atoms with Crippen molar-refractivity contribution in [3.8, 4) is 5.75 Å². The monoisotopic (exact) mass is 567 g/mol. The van der Waals surface area contributed by atoms with E-state index in [-0.39, 0.29) is 18.5 Å². The smallest absolute Gasteiger partial charge is 0.331 e. The van der Waals surface area contributed by atoms with Gasteiger partial charge in [-0.15, -0.1) is 10.2 Å². The molecule has 3 atom stereocenters. The Hall–Kier alpha value is -4.61. The molecule has 0 radical (unpaired) electrons. The molecule has 0 bridgehead atoms. The SMILES string of the molecule is Cc1ccnc([C@H]2C[C@@H]2CNc2cc(OC(C)c3cn4cc(C5CC5)cc(N5CC(=O)N(C)C5=O)c4n3)c(C)nn2)n1. The highest BCUT2D eigenvalue weighted by Gasteiger charge is 2.40. The van der Waals surface area contributed by atoms with Crippen LogP contribution in [0.1, 0.15) is 72.6 Å². The van der Waals surface area contributed by atoms with Crippen molar-refractivity contribution >= 4 is 29.1 Å². The van der Waals surface area contributed by atoms with Gasteiger partial charge >= 0.3 is 6.03 Å². The maximum absolute atomic E-state index is 12.9. The van der Waals surface area contributed by atoms with Gasteiger partial charge in [0, 0.05) is 49.9 Å². The van der Waals surface area contributed by atoms with Crippen LogP contribution in [0.2, 0.25) is 0 Å². The second-order valence-corrected chi connectivity index (χ2v) is 11.6. The highest BCUT2D eigenvalue weighted by atomic mass is 16.5. The van der Waals surface area contributed by atoms with Crippen molar-refractivity contribution in [3.05, 3.63) is 65.3 Å². The Morgan fingerprint density at radius 3 is 2.69 bits per heavy atom. The summed E-state index contributed by atoms with van der Waals surface area (Å²) in [7, 11) is 1.51. The van der Waals surface area contributed by atoms with Crippen LogP contribution in [0.15, 0.2) is 36.8 Å². The Kier molecular flexibility index (Phi) is 6.28. The number of imide groups is 1. The predicted octanol–water partition coefficient (Wildman–Crippen LogP) is 4.16. The summed E-state index contributed by atoms with van der Waals surface area (Å²) in [6, 6.07) is 5.45. The minimum absolute atomic E-state index is 0.00460. The van der Waals surface area contributed by atoms with E-state index in [0.717, 1.165) is 47.8 Å². The molecule has 7 rings (SSSR count). The summed E-state index contributed by atoms with van der Waals surface area (Å²) in [5, 5.41) is 12.0. The number of fused-ring (bicyclic) bond motifs is 1. The van der Waals surface area contributed by atoms with Crippen molar-refractivity contribution in [2.24, 2.45) is 5.92 Å². The molecule has 42 heavy (non-hydrogen) atoms. The molecule has 3 amide bonds. The van der Waals surface area contributed by atoms with Crippen LogP contribution in [0.25, 0.3) is 5.65 Å². The number of nitrogens with one attached hydrogen (secondary N) is 1. The zero-order valence-corrected chi connectivity index (χ0v) is 24.1. The lowest BCUT2D eigenvalue weighted by Gasteiger charge is -2.17. The highest BCUT2D eigenvalue weighted by molar-refractivity contribution is 6.13. The molecule has 1 unspecified atom stereocenters. The zero-order valence-electron chi connectivity index (χ0n) is 24.1. The molecule has 3 fully saturated rings. The van der Waals surface area contributed by atoms with E-state index in [2.05, 4.69) is 31.7 Å². The molecular weight excluding hydrogens is 534 g/mol. The number of ether oxygens (including phenoxy) is 1. The topological polar surface area (TPSA) is 131 Å². The fourth-order valence-corrected chi connectivity index (χ4v) is 5.50. The standard InChI is InChI=1S/C30H33N9O3/c1-16-7-8-31-28(33-16)22-9-20(22)12-32-26-11-25(17(2)35-36-26)42-18(3)23-14-38-13-21(19-5-6-19)10-24(29(38)34-23)39-15-27(40)37(4)30(39)41/h7-8,10-11,13-14,18-20,22H,5-6,9,12,15H2,1-4H3,(H,32,36)/t18?,20-,22+/m1/s1. The third kappa shape index (κ3) is 4.90. The number of aryl methyl sites for hydroxylation is 2. The highest BCUT2D eigenvalue weighted by Crippen LogP contribution is 2.46. The number of aromatic nitrogens is 6. The summed E-state index contributed by atoms with van der Waals surface area (Å²) in [6.07, 6.45) is 8.70. The second kappa shape index (κ2) is 10.0. The van der Waals surface area contributed by atoms with Crippen LogP contribution in [0, 0.1) is 19.8 Å². The molecule has 4 aromatic heterocycles. The first-order valence-electron chi connectivity index (χ1n) is 14.4. The fraction of sp³-hybridized carbons (Fsp3) is 0.433. The molecular formula is C30H33N9O3. The van der Waals surface area contributed by atoms with Gasteiger partial charge < -0.3 is 14.5 Å². The van der Waals surface area contributed by atoms with E-state index in [9.17, 15) is 9.59 Å². The molecule has 12 heteroatoms. The number of pyridine rings is 1. The van der Waals surface area contributed by atoms with Crippen LogP contribution in [0.5, 0.6) is 5.75 Å². The van der Waals surface area contributed by atoms with Gasteiger partial charge in [-0.3, -0.25) is 14.6 Å². The zero-order chi connectivity index (χ0) is 29.1. The molecule has 0 spiro atoms. The van der Waals surface area contributed by atoms with E-state index in [4.69, 9.17) is 9.72 Å². The summed E-state index contributed by atoms with van der Waals surface area (Å²) in [5.41, 5.74) is 4.76. The van der Waals surface area contributed by atoms with Gasteiger partial charge in [0.05, 0.1) is 11.4 Å². The number of hydrogen-bond donors (Lipinski definition) is 1.